The third kappa shape index (κ3) is 3.03. The fourth-order valence-electron chi connectivity index (χ4n) is 2.52. The fourth-order valence-corrected chi connectivity index (χ4v) is 4.01. The molecule has 0 spiro atoms. The fraction of sp³-hybridized carbons (Fsp3) is 0.643. The van der Waals surface area contributed by atoms with Gasteiger partial charge in [-0.2, -0.15) is 0 Å². The summed E-state index contributed by atoms with van der Waals surface area (Å²) in [7, 11) is 0. The zero-order valence-electron chi connectivity index (χ0n) is 11.0. The lowest BCUT2D eigenvalue weighted by Crippen LogP contribution is -2.43. The number of rotatable bonds is 4. The van der Waals surface area contributed by atoms with E-state index in [2.05, 4.69) is 35.1 Å². The van der Waals surface area contributed by atoms with Crippen LogP contribution in [-0.2, 0) is 11.2 Å². The van der Waals surface area contributed by atoms with Crippen LogP contribution in [0.1, 0.15) is 31.6 Å². The van der Waals surface area contributed by atoms with Gasteiger partial charge >= 0.3 is 0 Å². The van der Waals surface area contributed by atoms with Crippen LogP contribution in [0.3, 0.4) is 0 Å². The van der Waals surface area contributed by atoms with Crippen molar-refractivity contribution in [2.75, 3.05) is 13.1 Å². The second-order valence-corrected chi connectivity index (χ2v) is 7.41. The van der Waals surface area contributed by atoms with Crippen molar-refractivity contribution in [1.29, 1.82) is 0 Å². The minimum absolute atomic E-state index is 0.225. The molecule has 1 saturated heterocycles. The van der Waals surface area contributed by atoms with Crippen LogP contribution >= 0.6 is 27.3 Å². The quantitative estimate of drug-likeness (QED) is 0.913. The molecule has 0 aromatic carbocycles. The summed E-state index contributed by atoms with van der Waals surface area (Å²) in [6, 6.07) is 2.02. The van der Waals surface area contributed by atoms with E-state index >= 15 is 0 Å². The van der Waals surface area contributed by atoms with Gasteiger partial charge in [0.15, 0.2) is 0 Å². The van der Waals surface area contributed by atoms with E-state index in [9.17, 15) is 4.79 Å². The SMILES string of the molecule is CC(C)(C(=O)Cc1sccc1Br)C1CCCNC1. The van der Waals surface area contributed by atoms with Crippen molar-refractivity contribution in [3.8, 4) is 0 Å². The minimum Gasteiger partial charge on any atom is -0.316 e. The summed E-state index contributed by atoms with van der Waals surface area (Å²) >= 11 is 5.16. The van der Waals surface area contributed by atoms with Gasteiger partial charge in [-0.3, -0.25) is 4.79 Å². The number of carbonyl (C=O) groups excluding carboxylic acids is 1. The van der Waals surface area contributed by atoms with Gasteiger partial charge < -0.3 is 5.32 Å². The summed E-state index contributed by atoms with van der Waals surface area (Å²) in [6.45, 7) is 6.28. The molecule has 1 aromatic heterocycles. The van der Waals surface area contributed by atoms with E-state index in [4.69, 9.17) is 0 Å². The van der Waals surface area contributed by atoms with Crippen LogP contribution in [0.25, 0.3) is 0 Å². The molecule has 1 fully saturated rings. The Hall–Kier alpha value is -0.190. The average molecular weight is 330 g/mol. The molecule has 0 saturated carbocycles. The minimum atomic E-state index is -0.225. The van der Waals surface area contributed by atoms with Gasteiger partial charge in [-0.25, -0.2) is 0 Å². The summed E-state index contributed by atoms with van der Waals surface area (Å²) in [5.74, 6) is 0.830. The molecule has 0 radical (unpaired) electrons. The summed E-state index contributed by atoms with van der Waals surface area (Å²) in [4.78, 5) is 13.7. The second kappa shape index (κ2) is 5.85. The topological polar surface area (TPSA) is 29.1 Å². The predicted octanol–water partition coefficient (Wildman–Crippen LogP) is 3.65. The van der Waals surface area contributed by atoms with Crippen LogP contribution in [0.15, 0.2) is 15.9 Å². The van der Waals surface area contributed by atoms with Gasteiger partial charge in [0, 0.05) is 21.2 Å². The van der Waals surface area contributed by atoms with E-state index in [1.165, 1.54) is 6.42 Å². The Morgan fingerprint density at radius 2 is 2.39 bits per heavy atom. The molecule has 1 N–H and O–H groups in total. The first-order valence-corrected chi connectivity index (χ1v) is 8.15. The molecule has 2 rings (SSSR count). The number of nitrogens with one attached hydrogen (secondary N) is 1. The van der Waals surface area contributed by atoms with E-state index in [1.807, 2.05) is 11.4 Å². The lowest BCUT2D eigenvalue weighted by Gasteiger charge is -2.36. The lowest BCUT2D eigenvalue weighted by molar-refractivity contribution is -0.129. The Balaban J connectivity index is 2.04. The first kappa shape index (κ1) is 14.2. The maximum absolute atomic E-state index is 12.5. The molecule has 1 atom stereocenters. The van der Waals surface area contributed by atoms with Crippen LogP contribution < -0.4 is 5.32 Å². The molecule has 100 valence electrons. The molecule has 0 bridgehead atoms. The number of ketones is 1. The molecule has 1 unspecified atom stereocenters. The first-order valence-electron chi connectivity index (χ1n) is 6.47. The van der Waals surface area contributed by atoms with Gasteiger partial charge in [-0.15, -0.1) is 11.3 Å². The van der Waals surface area contributed by atoms with Crippen molar-refractivity contribution < 1.29 is 4.79 Å². The standard InChI is InChI=1S/C14H20BrNOS/c1-14(2,10-4-3-6-16-9-10)13(17)8-12-11(15)5-7-18-12/h5,7,10,16H,3-4,6,8-9H2,1-2H3. The van der Waals surface area contributed by atoms with Gasteiger partial charge in [-0.1, -0.05) is 13.8 Å². The molecule has 0 aliphatic carbocycles. The zero-order chi connectivity index (χ0) is 13.2. The number of hydrogen-bond donors (Lipinski definition) is 1. The third-order valence-electron chi connectivity index (χ3n) is 4.05. The van der Waals surface area contributed by atoms with Crippen molar-refractivity contribution >= 4 is 33.0 Å². The highest BCUT2D eigenvalue weighted by Gasteiger charge is 2.36. The molecule has 18 heavy (non-hydrogen) atoms. The van der Waals surface area contributed by atoms with Crippen molar-refractivity contribution in [3.63, 3.8) is 0 Å². The Morgan fingerprint density at radius 1 is 1.61 bits per heavy atom. The van der Waals surface area contributed by atoms with Crippen molar-refractivity contribution in [1.82, 2.24) is 5.32 Å². The summed E-state index contributed by atoms with van der Waals surface area (Å²) < 4.78 is 1.07. The Morgan fingerprint density at radius 3 is 2.94 bits per heavy atom. The van der Waals surface area contributed by atoms with Gasteiger partial charge in [0.05, 0.1) is 0 Å². The number of piperidine rings is 1. The summed E-state index contributed by atoms with van der Waals surface area (Å²) in [6.07, 6.45) is 2.91. The largest absolute Gasteiger partial charge is 0.316 e. The smallest absolute Gasteiger partial charge is 0.144 e. The maximum atomic E-state index is 12.5. The van der Waals surface area contributed by atoms with Crippen molar-refractivity contribution in [3.05, 3.63) is 20.8 Å². The van der Waals surface area contributed by atoms with E-state index in [1.54, 1.807) is 11.3 Å². The molecular formula is C14H20BrNOS. The number of hydrogen-bond acceptors (Lipinski definition) is 3. The number of halogens is 1. The summed E-state index contributed by atoms with van der Waals surface area (Å²) in [5.41, 5.74) is -0.225. The Bertz CT molecular complexity index is 421. The van der Waals surface area contributed by atoms with E-state index < -0.39 is 0 Å². The van der Waals surface area contributed by atoms with Crippen LogP contribution in [-0.4, -0.2) is 18.9 Å². The first-order chi connectivity index (χ1) is 8.51. The Kier molecular flexibility index (Phi) is 4.62. The molecule has 1 aliphatic heterocycles. The van der Waals surface area contributed by atoms with E-state index in [0.29, 0.717) is 18.1 Å². The molecule has 4 heteroatoms. The normalized spacial score (nSPS) is 20.9. The van der Waals surface area contributed by atoms with Crippen molar-refractivity contribution in [2.45, 2.75) is 33.1 Å². The zero-order valence-corrected chi connectivity index (χ0v) is 13.4. The highest BCUT2D eigenvalue weighted by atomic mass is 79.9. The van der Waals surface area contributed by atoms with Crippen LogP contribution in [0.5, 0.6) is 0 Å². The average Bonchev–Trinajstić information content (AvgIpc) is 2.76. The highest BCUT2D eigenvalue weighted by molar-refractivity contribution is 9.10. The van der Waals surface area contributed by atoms with Gasteiger partial charge in [0.25, 0.3) is 0 Å². The highest BCUT2D eigenvalue weighted by Crippen LogP contribution is 2.35. The molecular weight excluding hydrogens is 310 g/mol. The van der Waals surface area contributed by atoms with E-state index in [-0.39, 0.29) is 5.41 Å². The summed E-state index contributed by atoms with van der Waals surface area (Å²) in [5, 5.41) is 5.44. The molecule has 2 heterocycles. The van der Waals surface area contributed by atoms with Gasteiger partial charge in [-0.05, 0) is 59.2 Å². The molecule has 0 amide bonds. The van der Waals surface area contributed by atoms with Crippen LogP contribution in [0.4, 0.5) is 0 Å². The number of carbonyl (C=O) groups is 1. The lowest BCUT2D eigenvalue weighted by atomic mass is 9.71. The van der Waals surface area contributed by atoms with Gasteiger partial charge in [0.2, 0.25) is 0 Å². The molecule has 1 aliphatic rings. The molecule has 2 nitrogen and oxygen atoms in total. The maximum Gasteiger partial charge on any atom is 0.144 e. The van der Waals surface area contributed by atoms with Crippen LogP contribution in [0.2, 0.25) is 0 Å². The Labute approximate surface area is 121 Å². The molecule has 1 aromatic rings. The number of thiophene rings is 1. The number of Topliss-reactive ketones (excluding diaryl/α,β-unsaturated/α-hetero) is 1. The third-order valence-corrected chi connectivity index (χ3v) is 5.97. The van der Waals surface area contributed by atoms with Gasteiger partial charge in [0.1, 0.15) is 5.78 Å². The van der Waals surface area contributed by atoms with E-state index in [0.717, 1.165) is 28.9 Å². The van der Waals surface area contributed by atoms with Crippen LogP contribution in [0, 0.1) is 11.3 Å². The second-order valence-electron chi connectivity index (χ2n) is 5.56. The van der Waals surface area contributed by atoms with Crippen molar-refractivity contribution in [2.24, 2.45) is 11.3 Å². The monoisotopic (exact) mass is 329 g/mol. The predicted molar refractivity (Wildman–Crippen MR) is 80.1 cm³/mol.